The average molecular weight is 303 g/mol. The van der Waals surface area contributed by atoms with E-state index in [1.54, 1.807) is 0 Å². The van der Waals surface area contributed by atoms with Gasteiger partial charge in [0.05, 0.1) is 0 Å². The van der Waals surface area contributed by atoms with Crippen LogP contribution < -0.4 is 0 Å². The summed E-state index contributed by atoms with van der Waals surface area (Å²) in [5, 5.41) is 8.68. The molecule has 0 aromatic rings. The summed E-state index contributed by atoms with van der Waals surface area (Å²) in [6.45, 7) is 11.0. The molecule has 0 spiro atoms. The second-order valence-corrected chi connectivity index (χ2v) is 4.76. The Morgan fingerprint density at radius 2 is 1.62 bits per heavy atom. The van der Waals surface area contributed by atoms with Crippen molar-refractivity contribution < 1.29 is 37.8 Å². The molecule has 1 aliphatic heterocycles. The molecule has 0 aromatic heterocycles. The summed E-state index contributed by atoms with van der Waals surface area (Å²) in [4.78, 5) is 5.10. The Morgan fingerprint density at radius 3 is 2.12 bits per heavy atom. The largest absolute Gasteiger partial charge is 0.396 e. The Hall–Kier alpha value is 0.984. The van der Waals surface area contributed by atoms with Crippen LogP contribution in [0.1, 0.15) is 33.1 Å². The number of piperazine rings is 1. The standard InChI is InChI=1S/C12H26N2O.Y/c1-12(2)14-9-7-13(8-10-14)6-4-3-5-11-15;/h12,15H,3-11H2,1-2H3;. The SMILES string of the molecule is CC(C)N1CCN(CCCCCO)CC1.[Y]. The van der Waals surface area contributed by atoms with E-state index in [4.69, 9.17) is 5.11 Å². The minimum absolute atomic E-state index is 0. The van der Waals surface area contributed by atoms with Gasteiger partial charge in [0.15, 0.2) is 0 Å². The molecule has 3 nitrogen and oxygen atoms in total. The molecule has 0 unspecified atom stereocenters. The first-order chi connectivity index (χ1) is 7.24. The molecule has 0 aromatic carbocycles. The fourth-order valence-corrected chi connectivity index (χ4v) is 2.13. The molecule has 4 heteroatoms. The number of aliphatic hydroxyl groups is 1. The Balaban J connectivity index is 0.00000225. The molecule has 1 saturated heterocycles. The van der Waals surface area contributed by atoms with Crippen molar-refractivity contribution in [2.75, 3.05) is 39.3 Å². The van der Waals surface area contributed by atoms with Crippen molar-refractivity contribution in [1.82, 2.24) is 9.80 Å². The van der Waals surface area contributed by atoms with E-state index in [2.05, 4.69) is 23.6 Å². The summed E-state index contributed by atoms with van der Waals surface area (Å²) in [6, 6.07) is 0.696. The third-order valence-corrected chi connectivity index (χ3v) is 3.27. The molecule has 16 heavy (non-hydrogen) atoms. The molecule has 1 rings (SSSR count). The fourth-order valence-electron chi connectivity index (χ4n) is 2.13. The zero-order valence-electron chi connectivity index (χ0n) is 10.9. The van der Waals surface area contributed by atoms with Crippen molar-refractivity contribution in [3.05, 3.63) is 0 Å². The van der Waals surface area contributed by atoms with Crippen molar-refractivity contribution in [3.8, 4) is 0 Å². The first kappa shape index (κ1) is 17.0. The monoisotopic (exact) mass is 303 g/mol. The predicted octanol–water partition coefficient (Wildman–Crippen LogP) is 1.17. The van der Waals surface area contributed by atoms with Crippen LogP contribution in [-0.2, 0) is 32.7 Å². The Bertz CT molecular complexity index is 159. The van der Waals surface area contributed by atoms with E-state index in [-0.39, 0.29) is 32.7 Å². The van der Waals surface area contributed by atoms with Gasteiger partial charge in [-0.1, -0.05) is 0 Å². The van der Waals surface area contributed by atoms with Crippen LogP contribution >= 0.6 is 0 Å². The number of nitrogens with zero attached hydrogens (tertiary/aromatic N) is 2. The summed E-state index contributed by atoms with van der Waals surface area (Å²) in [6.07, 6.45) is 3.37. The van der Waals surface area contributed by atoms with Gasteiger partial charge in [0, 0.05) is 71.5 Å². The smallest absolute Gasteiger partial charge is 0.0431 e. The number of aliphatic hydroxyl groups excluding tert-OH is 1. The normalized spacial score (nSPS) is 18.8. The summed E-state index contributed by atoms with van der Waals surface area (Å²) in [5.41, 5.74) is 0. The van der Waals surface area contributed by atoms with E-state index in [1.807, 2.05) is 0 Å². The van der Waals surface area contributed by atoms with Gasteiger partial charge in [0.1, 0.15) is 0 Å². The fraction of sp³-hybridized carbons (Fsp3) is 1.00. The third-order valence-electron chi connectivity index (χ3n) is 3.27. The zero-order chi connectivity index (χ0) is 11.1. The van der Waals surface area contributed by atoms with Crippen LogP contribution in [0, 0.1) is 0 Å². The van der Waals surface area contributed by atoms with Gasteiger partial charge in [-0.25, -0.2) is 0 Å². The number of hydrogen-bond acceptors (Lipinski definition) is 3. The minimum atomic E-state index is 0. The minimum Gasteiger partial charge on any atom is -0.396 e. The van der Waals surface area contributed by atoms with Gasteiger partial charge in [0.25, 0.3) is 0 Å². The van der Waals surface area contributed by atoms with Gasteiger partial charge >= 0.3 is 0 Å². The molecule has 93 valence electrons. The molecule has 0 saturated carbocycles. The van der Waals surface area contributed by atoms with Crippen molar-refractivity contribution in [1.29, 1.82) is 0 Å². The van der Waals surface area contributed by atoms with Crippen molar-refractivity contribution in [2.24, 2.45) is 0 Å². The van der Waals surface area contributed by atoms with E-state index in [0.29, 0.717) is 12.6 Å². The zero-order valence-corrected chi connectivity index (χ0v) is 13.7. The van der Waals surface area contributed by atoms with Crippen LogP contribution in [0.2, 0.25) is 0 Å². The van der Waals surface area contributed by atoms with Gasteiger partial charge in [-0.3, -0.25) is 4.90 Å². The van der Waals surface area contributed by atoms with Gasteiger partial charge in [0.2, 0.25) is 0 Å². The van der Waals surface area contributed by atoms with Crippen molar-refractivity contribution in [2.45, 2.75) is 39.2 Å². The molecule has 0 bridgehead atoms. The van der Waals surface area contributed by atoms with Crippen LogP contribution in [0.4, 0.5) is 0 Å². The van der Waals surface area contributed by atoms with Crippen LogP contribution in [0.5, 0.6) is 0 Å². The molecular weight excluding hydrogens is 277 g/mol. The van der Waals surface area contributed by atoms with E-state index >= 15 is 0 Å². The van der Waals surface area contributed by atoms with Gasteiger partial charge in [-0.2, -0.15) is 0 Å². The van der Waals surface area contributed by atoms with Crippen LogP contribution in [0.15, 0.2) is 0 Å². The first-order valence-electron chi connectivity index (χ1n) is 6.31. The quantitative estimate of drug-likeness (QED) is 0.746. The van der Waals surface area contributed by atoms with Crippen LogP contribution in [0.3, 0.4) is 0 Å². The second-order valence-electron chi connectivity index (χ2n) is 4.76. The maximum atomic E-state index is 8.68. The summed E-state index contributed by atoms with van der Waals surface area (Å²) in [7, 11) is 0. The molecule has 0 amide bonds. The average Bonchev–Trinajstić information content (AvgIpc) is 2.25. The number of rotatable bonds is 6. The van der Waals surface area contributed by atoms with Crippen molar-refractivity contribution >= 4 is 0 Å². The van der Waals surface area contributed by atoms with E-state index in [9.17, 15) is 0 Å². The Kier molecular flexibility index (Phi) is 10.6. The topological polar surface area (TPSA) is 26.7 Å². The number of hydrogen-bond donors (Lipinski definition) is 1. The summed E-state index contributed by atoms with van der Waals surface area (Å²) in [5.74, 6) is 0. The van der Waals surface area contributed by atoms with Gasteiger partial charge < -0.3 is 10.0 Å². The van der Waals surface area contributed by atoms with Crippen LogP contribution in [-0.4, -0.2) is 60.3 Å². The van der Waals surface area contributed by atoms with Gasteiger partial charge in [-0.05, 0) is 39.7 Å². The molecular formula is C12H26N2OY. The van der Waals surface area contributed by atoms with Crippen LogP contribution in [0.25, 0.3) is 0 Å². The van der Waals surface area contributed by atoms with E-state index in [0.717, 1.165) is 6.42 Å². The molecule has 1 fully saturated rings. The summed E-state index contributed by atoms with van der Waals surface area (Å²) >= 11 is 0. The Morgan fingerprint density at radius 1 is 1.00 bits per heavy atom. The predicted molar refractivity (Wildman–Crippen MR) is 64.1 cm³/mol. The molecule has 1 aliphatic rings. The maximum absolute atomic E-state index is 8.68. The van der Waals surface area contributed by atoms with Crippen molar-refractivity contribution in [3.63, 3.8) is 0 Å². The summed E-state index contributed by atoms with van der Waals surface area (Å²) < 4.78 is 0. The number of unbranched alkanes of at least 4 members (excludes halogenated alkanes) is 2. The third kappa shape index (κ3) is 6.65. The van der Waals surface area contributed by atoms with E-state index in [1.165, 1.54) is 45.6 Å². The van der Waals surface area contributed by atoms with Gasteiger partial charge in [-0.15, -0.1) is 0 Å². The molecule has 1 heterocycles. The first-order valence-corrected chi connectivity index (χ1v) is 6.31. The second kappa shape index (κ2) is 9.96. The molecule has 1 radical (unpaired) electrons. The maximum Gasteiger partial charge on any atom is 0.0431 e. The molecule has 0 aliphatic carbocycles. The Labute approximate surface area is 125 Å². The molecule has 0 atom stereocenters. The molecule has 1 N–H and O–H groups in total. The van der Waals surface area contributed by atoms with E-state index < -0.39 is 0 Å².